The summed E-state index contributed by atoms with van der Waals surface area (Å²) in [5.41, 5.74) is -0.586. The average molecular weight is 242 g/mol. The fourth-order valence-electron chi connectivity index (χ4n) is 1.20. The molecule has 1 fully saturated rings. The summed E-state index contributed by atoms with van der Waals surface area (Å²) < 4.78 is 5.27. The van der Waals surface area contributed by atoms with Gasteiger partial charge in [0.2, 0.25) is 0 Å². The van der Waals surface area contributed by atoms with Crippen LogP contribution in [0.5, 0.6) is 0 Å². The molecule has 0 amide bonds. The van der Waals surface area contributed by atoms with Gasteiger partial charge in [-0.3, -0.25) is 0 Å². The van der Waals surface area contributed by atoms with E-state index >= 15 is 0 Å². The number of hydrogen-bond acceptors (Lipinski definition) is 4. The van der Waals surface area contributed by atoms with Gasteiger partial charge >= 0.3 is 11.8 Å². The van der Waals surface area contributed by atoms with Gasteiger partial charge in [-0.25, -0.2) is 4.79 Å². The number of hydrogen-bond donors (Lipinski definition) is 0. The summed E-state index contributed by atoms with van der Waals surface area (Å²) in [6.45, 7) is 13.4. The molecule has 0 aromatic heterocycles. The average Bonchev–Trinajstić information content (AvgIpc) is 2.94. The Labute approximate surface area is 103 Å². The number of carbonyl (C=O) groups excluding carboxylic acids is 1. The Hall–Kier alpha value is -0.870. The monoisotopic (exact) mass is 242 g/mol. The van der Waals surface area contributed by atoms with Crippen molar-refractivity contribution < 1.29 is 19.3 Å². The molecule has 17 heavy (non-hydrogen) atoms. The molecule has 0 spiro atoms. The van der Waals surface area contributed by atoms with Gasteiger partial charge in [-0.2, -0.15) is 9.78 Å². The highest BCUT2D eigenvalue weighted by molar-refractivity contribution is 5.79. The van der Waals surface area contributed by atoms with Crippen LogP contribution < -0.4 is 0 Å². The predicted octanol–water partition coefficient (Wildman–Crippen LogP) is 2.98. The first-order valence-electron chi connectivity index (χ1n) is 5.84. The van der Waals surface area contributed by atoms with Crippen molar-refractivity contribution in [3.05, 3.63) is 12.7 Å². The molecule has 0 aliphatic carbocycles. The van der Waals surface area contributed by atoms with Gasteiger partial charge < -0.3 is 4.74 Å². The largest absolute Gasteiger partial charge is 0.451 e. The van der Waals surface area contributed by atoms with Crippen LogP contribution >= 0.6 is 0 Å². The van der Waals surface area contributed by atoms with Gasteiger partial charge in [0.05, 0.1) is 0 Å². The van der Waals surface area contributed by atoms with Gasteiger partial charge in [-0.05, 0) is 31.8 Å². The molecule has 4 heteroatoms. The van der Waals surface area contributed by atoms with E-state index in [2.05, 4.69) is 27.4 Å². The van der Waals surface area contributed by atoms with Crippen LogP contribution in [-0.2, 0) is 19.3 Å². The second-order valence-electron chi connectivity index (χ2n) is 6.18. The van der Waals surface area contributed by atoms with Crippen LogP contribution in [0.1, 0.15) is 47.5 Å². The Morgan fingerprint density at radius 1 is 1.29 bits per heavy atom. The molecular weight excluding hydrogens is 220 g/mol. The van der Waals surface area contributed by atoms with Crippen LogP contribution in [0.15, 0.2) is 12.7 Å². The lowest BCUT2D eigenvalue weighted by atomic mass is 9.88. The minimum atomic E-state index is -1.19. The van der Waals surface area contributed by atoms with Crippen molar-refractivity contribution >= 4 is 5.97 Å². The van der Waals surface area contributed by atoms with E-state index in [4.69, 9.17) is 14.5 Å². The van der Waals surface area contributed by atoms with Crippen molar-refractivity contribution in [2.75, 3.05) is 0 Å². The molecule has 0 unspecified atom stereocenters. The normalized spacial score (nSPS) is 18.6. The summed E-state index contributed by atoms with van der Waals surface area (Å²) in [6.07, 6.45) is 2.89. The highest BCUT2D eigenvalue weighted by Gasteiger charge is 2.59. The maximum Gasteiger partial charge on any atom is 0.373 e. The molecule has 98 valence electrons. The first-order valence-corrected chi connectivity index (χ1v) is 5.84. The van der Waals surface area contributed by atoms with Crippen LogP contribution in [0, 0.1) is 5.41 Å². The van der Waals surface area contributed by atoms with E-state index < -0.39 is 17.4 Å². The van der Waals surface area contributed by atoms with Crippen molar-refractivity contribution in [3.63, 3.8) is 0 Å². The summed E-state index contributed by atoms with van der Waals surface area (Å²) in [7, 11) is 0. The lowest BCUT2D eigenvalue weighted by Gasteiger charge is -2.23. The topological polar surface area (TPSA) is 51.4 Å². The van der Waals surface area contributed by atoms with Crippen LogP contribution in [0.25, 0.3) is 0 Å². The molecule has 1 saturated heterocycles. The third-order valence-corrected chi connectivity index (χ3v) is 2.65. The van der Waals surface area contributed by atoms with Gasteiger partial charge in [-0.15, -0.1) is 0 Å². The quantitative estimate of drug-likeness (QED) is 0.322. The Morgan fingerprint density at radius 3 is 2.18 bits per heavy atom. The van der Waals surface area contributed by atoms with E-state index in [1.165, 1.54) is 0 Å². The SMILES string of the molecule is C=CC(C)(C)OC(=O)C1(CCC(C)(C)C)OO1. The molecular formula is C13H22O4. The fraction of sp³-hybridized carbons (Fsp3) is 0.769. The van der Waals surface area contributed by atoms with Crippen molar-refractivity contribution in [2.24, 2.45) is 5.41 Å². The number of ether oxygens (including phenoxy) is 1. The minimum Gasteiger partial charge on any atom is -0.451 e. The Kier molecular flexibility index (Phi) is 3.69. The minimum absolute atomic E-state index is 0.122. The Bertz CT molecular complexity index is 308. The van der Waals surface area contributed by atoms with Gasteiger partial charge in [0.25, 0.3) is 0 Å². The van der Waals surface area contributed by atoms with Crippen molar-refractivity contribution in [1.82, 2.24) is 0 Å². The molecule has 4 nitrogen and oxygen atoms in total. The molecule has 1 aliphatic rings. The van der Waals surface area contributed by atoms with E-state index in [1.54, 1.807) is 19.9 Å². The highest BCUT2D eigenvalue weighted by Crippen LogP contribution is 2.40. The van der Waals surface area contributed by atoms with Gasteiger partial charge in [0.15, 0.2) is 0 Å². The summed E-state index contributed by atoms with van der Waals surface area (Å²) in [5, 5.41) is 0. The van der Waals surface area contributed by atoms with E-state index in [0.717, 1.165) is 6.42 Å². The van der Waals surface area contributed by atoms with Gasteiger partial charge in [0.1, 0.15) is 5.60 Å². The summed E-state index contributed by atoms with van der Waals surface area (Å²) >= 11 is 0. The molecule has 1 rings (SSSR count). The number of rotatable bonds is 5. The standard InChI is InChI=1S/C13H22O4/c1-7-12(5,6)15-10(14)13(16-17-13)9-8-11(2,3)4/h7H,1,8-9H2,2-6H3. The van der Waals surface area contributed by atoms with Crippen LogP contribution in [0.3, 0.4) is 0 Å². The molecule has 0 aromatic rings. The summed E-state index contributed by atoms with van der Waals surface area (Å²) in [6, 6.07) is 0. The van der Waals surface area contributed by atoms with Crippen LogP contribution in [0.4, 0.5) is 0 Å². The van der Waals surface area contributed by atoms with Crippen molar-refractivity contribution in [2.45, 2.75) is 58.8 Å². The predicted molar refractivity (Wildman–Crippen MR) is 64.0 cm³/mol. The van der Waals surface area contributed by atoms with E-state index in [-0.39, 0.29) is 5.41 Å². The summed E-state index contributed by atoms with van der Waals surface area (Å²) in [4.78, 5) is 21.6. The third-order valence-electron chi connectivity index (χ3n) is 2.65. The molecule has 1 aliphatic heterocycles. The lowest BCUT2D eigenvalue weighted by Crippen LogP contribution is -2.35. The second kappa shape index (κ2) is 4.42. The molecule has 1 heterocycles. The first-order chi connectivity index (χ1) is 7.60. The smallest absolute Gasteiger partial charge is 0.373 e. The Balaban J connectivity index is 2.54. The maximum atomic E-state index is 11.9. The fourth-order valence-corrected chi connectivity index (χ4v) is 1.20. The zero-order valence-corrected chi connectivity index (χ0v) is 11.3. The zero-order chi connectivity index (χ0) is 13.3. The molecule has 0 N–H and O–H groups in total. The lowest BCUT2D eigenvalue weighted by molar-refractivity contribution is -0.160. The number of esters is 1. The molecule has 0 atom stereocenters. The third kappa shape index (κ3) is 4.13. The second-order valence-corrected chi connectivity index (χ2v) is 6.18. The maximum absolute atomic E-state index is 11.9. The van der Waals surface area contributed by atoms with Gasteiger partial charge in [0, 0.05) is 6.42 Å². The van der Waals surface area contributed by atoms with Crippen molar-refractivity contribution in [3.8, 4) is 0 Å². The first kappa shape index (κ1) is 14.2. The summed E-state index contributed by atoms with van der Waals surface area (Å²) in [5.74, 6) is -1.67. The van der Waals surface area contributed by atoms with Crippen LogP contribution in [0.2, 0.25) is 0 Å². The molecule has 0 radical (unpaired) electrons. The zero-order valence-electron chi connectivity index (χ0n) is 11.3. The highest BCUT2D eigenvalue weighted by atomic mass is 17.4. The van der Waals surface area contributed by atoms with E-state index in [1.807, 2.05) is 0 Å². The molecule has 0 aromatic carbocycles. The van der Waals surface area contributed by atoms with Crippen LogP contribution in [-0.4, -0.2) is 17.4 Å². The van der Waals surface area contributed by atoms with E-state index in [9.17, 15) is 4.79 Å². The van der Waals surface area contributed by atoms with E-state index in [0.29, 0.717) is 6.42 Å². The molecule has 0 saturated carbocycles. The molecule has 0 bridgehead atoms. The van der Waals surface area contributed by atoms with Crippen molar-refractivity contribution in [1.29, 1.82) is 0 Å². The van der Waals surface area contributed by atoms with Gasteiger partial charge in [-0.1, -0.05) is 27.4 Å². The number of carbonyl (C=O) groups is 1. The Morgan fingerprint density at radius 2 is 1.82 bits per heavy atom.